The highest BCUT2D eigenvalue weighted by molar-refractivity contribution is 5.21. The van der Waals surface area contributed by atoms with Crippen molar-refractivity contribution >= 4 is 0 Å². The lowest BCUT2D eigenvalue weighted by atomic mass is 9.87. The Morgan fingerprint density at radius 2 is 1.94 bits per heavy atom. The third-order valence-electron chi connectivity index (χ3n) is 3.09. The van der Waals surface area contributed by atoms with Crippen molar-refractivity contribution in [1.29, 1.82) is 0 Å². The van der Waals surface area contributed by atoms with E-state index in [1.165, 1.54) is 11.1 Å². The molecular weight excluding hydrogens is 194 g/mol. The fourth-order valence-corrected chi connectivity index (χ4v) is 2.10. The molecule has 0 saturated heterocycles. The van der Waals surface area contributed by atoms with Crippen LogP contribution in [0.1, 0.15) is 44.6 Å². The molecule has 1 nitrogen and oxygen atoms in total. The summed E-state index contributed by atoms with van der Waals surface area (Å²) in [5, 5.41) is 0. The minimum absolute atomic E-state index is 0.240. The van der Waals surface area contributed by atoms with Crippen LogP contribution in [-0.4, -0.2) is 6.04 Å². The van der Waals surface area contributed by atoms with Gasteiger partial charge in [0.1, 0.15) is 0 Å². The van der Waals surface area contributed by atoms with Gasteiger partial charge in [-0.25, -0.2) is 0 Å². The third-order valence-corrected chi connectivity index (χ3v) is 3.09. The largest absolute Gasteiger partial charge is 0.327 e. The molecule has 2 unspecified atom stereocenters. The van der Waals surface area contributed by atoms with E-state index in [4.69, 9.17) is 5.73 Å². The summed E-state index contributed by atoms with van der Waals surface area (Å²) in [7, 11) is 0. The lowest BCUT2D eigenvalue weighted by molar-refractivity contribution is 0.487. The molecule has 0 bridgehead atoms. The smallest absolute Gasteiger partial charge is 0.0111 e. The maximum atomic E-state index is 6.27. The van der Waals surface area contributed by atoms with Crippen LogP contribution in [0.2, 0.25) is 0 Å². The molecule has 0 saturated carbocycles. The average molecular weight is 217 g/mol. The van der Waals surface area contributed by atoms with Crippen LogP contribution in [0.4, 0.5) is 0 Å². The molecule has 0 fully saturated rings. The van der Waals surface area contributed by atoms with E-state index in [1.54, 1.807) is 0 Å². The second-order valence-corrected chi connectivity index (χ2v) is 4.59. The molecule has 0 aliphatic rings. The van der Waals surface area contributed by atoms with Gasteiger partial charge in [-0.05, 0) is 37.7 Å². The summed E-state index contributed by atoms with van der Waals surface area (Å²) in [6.07, 6.45) is 3.16. The van der Waals surface area contributed by atoms with Crippen LogP contribution in [0.15, 0.2) is 42.5 Å². The molecule has 1 aromatic carbocycles. The number of allylic oxidation sites excluding steroid dienone is 1. The Hall–Kier alpha value is -1.08. The van der Waals surface area contributed by atoms with Gasteiger partial charge in [-0.3, -0.25) is 0 Å². The van der Waals surface area contributed by atoms with E-state index in [-0.39, 0.29) is 6.04 Å². The molecule has 0 heterocycles. The van der Waals surface area contributed by atoms with Crippen molar-refractivity contribution in [3.8, 4) is 0 Å². The standard InChI is InChI=1S/C15H23N/c1-4-14(13-8-6-5-7-9-13)15(16)11-10-12(2)3/h5-9,14-15H,2,4,10-11,16H2,1,3H3. The van der Waals surface area contributed by atoms with Gasteiger partial charge in [0.05, 0.1) is 0 Å². The Bertz CT molecular complexity index is 315. The highest BCUT2D eigenvalue weighted by atomic mass is 14.6. The fraction of sp³-hybridized carbons (Fsp3) is 0.467. The molecule has 2 atom stereocenters. The zero-order valence-corrected chi connectivity index (χ0v) is 10.4. The maximum Gasteiger partial charge on any atom is 0.0111 e. The topological polar surface area (TPSA) is 26.0 Å². The predicted octanol–water partition coefficient (Wildman–Crippen LogP) is 3.86. The van der Waals surface area contributed by atoms with E-state index in [2.05, 4.69) is 50.8 Å². The van der Waals surface area contributed by atoms with Crippen LogP contribution in [0.3, 0.4) is 0 Å². The van der Waals surface area contributed by atoms with Crippen molar-refractivity contribution in [3.05, 3.63) is 48.0 Å². The maximum absolute atomic E-state index is 6.27. The van der Waals surface area contributed by atoms with E-state index in [0.717, 1.165) is 19.3 Å². The van der Waals surface area contributed by atoms with Gasteiger partial charge in [0.25, 0.3) is 0 Å². The van der Waals surface area contributed by atoms with Gasteiger partial charge < -0.3 is 5.73 Å². The van der Waals surface area contributed by atoms with Crippen molar-refractivity contribution < 1.29 is 0 Å². The summed E-state index contributed by atoms with van der Waals surface area (Å²) >= 11 is 0. The van der Waals surface area contributed by atoms with Crippen LogP contribution in [0.5, 0.6) is 0 Å². The fourth-order valence-electron chi connectivity index (χ4n) is 2.10. The molecule has 16 heavy (non-hydrogen) atoms. The Morgan fingerprint density at radius 1 is 1.31 bits per heavy atom. The number of rotatable bonds is 6. The molecule has 2 N–H and O–H groups in total. The van der Waals surface area contributed by atoms with Crippen LogP contribution in [-0.2, 0) is 0 Å². The molecular formula is C15H23N. The predicted molar refractivity (Wildman–Crippen MR) is 71.5 cm³/mol. The molecule has 88 valence electrons. The Labute approximate surface area is 99.4 Å². The lowest BCUT2D eigenvalue weighted by Crippen LogP contribution is -2.28. The lowest BCUT2D eigenvalue weighted by Gasteiger charge is -2.23. The Kier molecular flexibility index (Phi) is 5.27. The first-order chi connectivity index (χ1) is 7.65. The molecule has 1 rings (SSSR count). The SMILES string of the molecule is C=C(C)CCC(N)C(CC)c1ccccc1. The van der Waals surface area contributed by atoms with E-state index in [0.29, 0.717) is 5.92 Å². The van der Waals surface area contributed by atoms with Gasteiger partial charge in [0.15, 0.2) is 0 Å². The molecule has 0 amide bonds. The van der Waals surface area contributed by atoms with Crippen molar-refractivity contribution in [2.24, 2.45) is 5.73 Å². The first kappa shape index (κ1) is 13.0. The van der Waals surface area contributed by atoms with Crippen LogP contribution >= 0.6 is 0 Å². The number of benzene rings is 1. The van der Waals surface area contributed by atoms with E-state index in [9.17, 15) is 0 Å². The first-order valence-electron chi connectivity index (χ1n) is 6.10. The Balaban J connectivity index is 2.63. The zero-order valence-electron chi connectivity index (χ0n) is 10.4. The zero-order chi connectivity index (χ0) is 12.0. The molecule has 0 aromatic heterocycles. The van der Waals surface area contributed by atoms with Crippen molar-refractivity contribution in [2.75, 3.05) is 0 Å². The number of nitrogens with two attached hydrogens (primary N) is 1. The molecule has 0 radical (unpaired) electrons. The first-order valence-corrected chi connectivity index (χ1v) is 6.10. The molecule has 0 aliphatic carbocycles. The summed E-state index contributed by atoms with van der Waals surface area (Å²) < 4.78 is 0. The number of hydrogen-bond donors (Lipinski definition) is 1. The third kappa shape index (κ3) is 3.82. The summed E-state index contributed by atoms with van der Waals surface area (Å²) in [6.45, 7) is 8.20. The monoisotopic (exact) mass is 217 g/mol. The van der Waals surface area contributed by atoms with Crippen molar-refractivity contribution in [3.63, 3.8) is 0 Å². The van der Waals surface area contributed by atoms with Crippen LogP contribution < -0.4 is 5.73 Å². The van der Waals surface area contributed by atoms with Gasteiger partial charge in [0.2, 0.25) is 0 Å². The van der Waals surface area contributed by atoms with Crippen LogP contribution in [0, 0.1) is 0 Å². The van der Waals surface area contributed by atoms with Crippen molar-refractivity contribution in [1.82, 2.24) is 0 Å². The minimum atomic E-state index is 0.240. The van der Waals surface area contributed by atoms with Gasteiger partial charge >= 0.3 is 0 Å². The highest BCUT2D eigenvalue weighted by Crippen LogP contribution is 2.25. The molecule has 1 aromatic rings. The van der Waals surface area contributed by atoms with Gasteiger partial charge in [-0.1, -0.05) is 42.8 Å². The van der Waals surface area contributed by atoms with Gasteiger partial charge in [0, 0.05) is 6.04 Å². The summed E-state index contributed by atoms with van der Waals surface area (Å²) in [6, 6.07) is 10.8. The summed E-state index contributed by atoms with van der Waals surface area (Å²) in [4.78, 5) is 0. The van der Waals surface area contributed by atoms with Gasteiger partial charge in [-0.15, -0.1) is 6.58 Å². The number of hydrogen-bond acceptors (Lipinski definition) is 1. The van der Waals surface area contributed by atoms with Crippen molar-refractivity contribution in [2.45, 2.75) is 45.1 Å². The van der Waals surface area contributed by atoms with E-state index >= 15 is 0 Å². The van der Waals surface area contributed by atoms with E-state index < -0.39 is 0 Å². The second kappa shape index (κ2) is 6.49. The van der Waals surface area contributed by atoms with E-state index in [1.807, 2.05) is 0 Å². The average Bonchev–Trinajstić information content (AvgIpc) is 2.29. The second-order valence-electron chi connectivity index (χ2n) is 4.59. The minimum Gasteiger partial charge on any atom is -0.327 e. The quantitative estimate of drug-likeness (QED) is 0.719. The summed E-state index contributed by atoms with van der Waals surface area (Å²) in [5.74, 6) is 0.473. The molecule has 0 aliphatic heterocycles. The van der Waals surface area contributed by atoms with Gasteiger partial charge in [-0.2, -0.15) is 0 Å². The Morgan fingerprint density at radius 3 is 2.44 bits per heavy atom. The van der Waals surface area contributed by atoms with Crippen LogP contribution in [0.25, 0.3) is 0 Å². The summed E-state index contributed by atoms with van der Waals surface area (Å²) in [5.41, 5.74) is 8.85. The highest BCUT2D eigenvalue weighted by Gasteiger charge is 2.17. The molecule has 1 heteroatoms. The molecule has 0 spiro atoms. The normalized spacial score (nSPS) is 14.4.